The van der Waals surface area contributed by atoms with Crippen molar-refractivity contribution in [3.05, 3.63) is 29.3 Å². The Morgan fingerprint density at radius 1 is 1.26 bits per heavy atom. The number of nitrogens with one attached hydrogen (secondary N) is 1. The number of carbonyl (C=O) groups is 2. The van der Waals surface area contributed by atoms with E-state index in [1.54, 1.807) is 24.3 Å². The van der Waals surface area contributed by atoms with E-state index in [0.29, 0.717) is 43.2 Å². The molecular formula is C16H21ClN2O4. The molecular weight excluding hydrogens is 320 g/mol. The summed E-state index contributed by atoms with van der Waals surface area (Å²) in [7, 11) is 0. The average Bonchev–Trinajstić information content (AvgIpc) is 2.51. The van der Waals surface area contributed by atoms with E-state index in [1.807, 2.05) is 4.90 Å². The van der Waals surface area contributed by atoms with E-state index in [0.717, 1.165) is 0 Å². The first kappa shape index (κ1) is 17.7. The molecule has 1 aromatic carbocycles. The summed E-state index contributed by atoms with van der Waals surface area (Å²) >= 11 is 5.78. The third-order valence-corrected chi connectivity index (χ3v) is 4.20. The van der Waals surface area contributed by atoms with Crippen molar-refractivity contribution in [3.8, 4) is 0 Å². The number of carboxylic acids is 1. The minimum absolute atomic E-state index is 0.0863. The van der Waals surface area contributed by atoms with Gasteiger partial charge in [-0.15, -0.1) is 0 Å². The molecule has 1 amide bonds. The van der Waals surface area contributed by atoms with Gasteiger partial charge in [0.15, 0.2) is 0 Å². The third-order valence-electron chi connectivity index (χ3n) is 3.94. The van der Waals surface area contributed by atoms with Crippen molar-refractivity contribution in [2.45, 2.75) is 25.4 Å². The number of aliphatic hydroxyl groups excluding tert-OH is 1. The maximum absolute atomic E-state index is 12.0. The summed E-state index contributed by atoms with van der Waals surface area (Å²) in [6.45, 7) is 1.63. The van der Waals surface area contributed by atoms with E-state index >= 15 is 0 Å². The number of aliphatic carboxylic acids is 1. The fourth-order valence-corrected chi connectivity index (χ4v) is 2.74. The zero-order valence-corrected chi connectivity index (χ0v) is 13.5. The van der Waals surface area contributed by atoms with Crippen LogP contribution in [0, 0.1) is 5.92 Å². The molecule has 0 radical (unpaired) electrons. The number of hydrogen-bond acceptors (Lipinski definition) is 4. The number of halogens is 1. The summed E-state index contributed by atoms with van der Waals surface area (Å²) in [6, 6.07) is 6.65. The van der Waals surface area contributed by atoms with E-state index in [-0.39, 0.29) is 18.4 Å². The van der Waals surface area contributed by atoms with Gasteiger partial charge in [-0.3, -0.25) is 9.59 Å². The van der Waals surface area contributed by atoms with Crippen molar-refractivity contribution in [2.24, 2.45) is 5.92 Å². The number of carbonyl (C=O) groups excluding carboxylic acids is 1. The second kappa shape index (κ2) is 8.29. The first-order valence-corrected chi connectivity index (χ1v) is 8.00. The molecule has 1 fully saturated rings. The van der Waals surface area contributed by atoms with Crippen LogP contribution in [0.3, 0.4) is 0 Å². The van der Waals surface area contributed by atoms with Crippen LogP contribution >= 0.6 is 11.6 Å². The number of amides is 1. The monoisotopic (exact) mass is 340 g/mol. The van der Waals surface area contributed by atoms with Gasteiger partial charge >= 0.3 is 5.97 Å². The number of piperidine rings is 1. The molecule has 1 unspecified atom stereocenters. The lowest BCUT2D eigenvalue weighted by Gasteiger charge is -2.31. The molecule has 0 saturated carbocycles. The van der Waals surface area contributed by atoms with Crippen LogP contribution in [0.1, 0.15) is 19.3 Å². The first-order valence-electron chi connectivity index (χ1n) is 7.62. The Morgan fingerprint density at radius 3 is 2.43 bits per heavy atom. The van der Waals surface area contributed by atoms with E-state index in [1.165, 1.54) is 0 Å². The van der Waals surface area contributed by atoms with Crippen LogP contribution in [0.2, 0.25) is 5.02 Å². The Kier molecular flexibility index (Phi) is 6.38. The van der Waals surface area contributed by atoms with Gasteiger partial charge in [0.25, 0.3) is 0 Å². The van der Waals surface area contributed by atoms with Crippen molar-refractivity contribution in [1.29, 1.82) is 0 Å². The highest BCUT2D eigenvalue weighted by molar-refractivity contribution is 6.30. The largest absolute Gasteiger partial charge is 0.481 e. The zero-order valence-electron chi connectivity index (χ0n) is 12.7. The van der Waals surface area contributed by atoms with Crippen molar-refractivity contribution in [3.63, 3.8) is 0 Å². The molecule has 7 heteroatoms. The summed E-state index contributed by atoms with van der Waals surface area (Å²) in [5, 5.41) is 22.1. The molecule has 0 bridgehead atoms. The molecule has 1 aliphatic rings. The van der Waals surface area contributed by atoms with Crippen LogP contribution in [0.5, 0.6) is 0 Å². The highest BCUT2D eigenvalue weighted by Crippen LogP contribution is 2.17. The van der Waals surface area contributed by atoms with Gasteiger partial charge in [-0.2, -0.15) is 0 Å². The van der Waals surface area contributed by atoms with Crippen molar-refractivity contribution < 1.29 is 19.8 Å². The standard InChI is InChI=1S/C16H21ClN2O4/c17-12-1-3-13(4-2-12)18-15(21)9-11(16(22)23)10-19-7-5-14(20)6-8-19/h1-4,11,14,20H,5-10H2,(H,18,21)(H,22,23). The SMILES string of the molecule is O=C(CC(CN1CCC(O)CC1)C(=O)O)Nc1ccc(Cl)cc1. The van der Waals surface area contributed by atoms with Gasteiger partial charge in [-0.1, -0.05) is 11.6 Å². The molecule has 0 spiro atoms. The number of carboxylic acid groups (broad SMARTS) is 1. The molecule has 23 heavy (non-hydrogen) atoms. The Balaban J connectivity index is 1.87. The van der Waals surface area contributed by atoms with Crippen LogP contribution in [0.15, 0.2) is 24.3 Å². The van der Waals surface area contributed by atoms with Gasteiger partial charge in [-0.05, 0) is 37.1 Å². The van der Waals surface area contributed by atoms with Crippen molar-refractivity contribution in [2.75, 3.05) is 25.0 Å². The van der Waals surface area contributed by atoms with E-state index < -0.39 is 11.9 Å². The predicted octanol–water partition coefficient (Wildman–Crippen LogP) is 1.83. The van der Waals surface area contributed by atoms with Crippen molar-refractivity contribution >= 4 is 29.2 Å². The number of likely N-dealkylation sites (tertiary alicyclic amines) is 1. The maximum atomic E-state index is 12.0. The maximum Gasteiger partial charge on any atom is 0.308 e. The second-order valence-corrected chi connectivity index (χ2v) is 6.26. The number of aliphatic hydroxyl groups is 1. The molecule has 2 rings (SSSR count). The Morgan fingerprint density at radius 2 is 1.87 bits per heavy atom. The molecule has 1 atom stereocenters. The van der Waals surface area contributed by atoms with Gasteiger partial charge in [-0.25, -0.2) is 0 Å². The molecule has 1 aromatic rings. The molecule has 126 valence electrons. The minimum Gasteiger partial charge on any atom is -0.481 e. The Labute approximate surface area is 140 Å². The molecule has 1 heterocycles. The smallest absolute Gasteiger partial charge is 0.308 e. The highest BCUT2D eigenvalue weighted by Gasteiger charge is 2.26. The first-order chi connectivity index (χ1) is 10.9. The summed E-state index contributed by atoms with van der Waals surface area (Å²) in [4.78, 5) is 25.4. The van der Waals surface area contributed by atoms with E-state index in [4.69, 9.17) is 11.6 Å². The Bertz CT molecular complexity index is 542. The zero-order chi connectivity index (χ0) is 16.8. The minimum atomic E-state index is -0.984. The molecule has 1 saturated heterocycles. The lowest BCUT2D eigenvalue weighted by atomic mass is 10.0. The van der Waals surface area contributed by atoms with Gasteiger partial charge in [0.05, 0.1) is 12.0 Å². The number of rotatable bonds is 6. The number of anilines is 1. The van der Waals surface area contributed by atoms with Crippen LogP contribution < -0.4 is 5.32 Å². The number of nitrogens with zero attached hydrogens (tertiary/aromatic N) is 1. The van der Waals surface area contributed by atoms with E-state index in [9.17, 15) is 19.8 Å². The average molecular weight is 341 g/mol. The Hall–Kier alpha value is -1.63. The fraction of sp³-hybridized carbons (Fsp3) is 0.500. The predicted molar refractivity (Wildman–Crippen MR) is 87.5 cm³/mol. The van der Waals surface area contributed by atoms with Gasteiger partial charge < -0.3 is 20.4 Å². The summed E-state index contributed by atoms with van der Waals surface area (Å²) < 4.78 is 0. The molecule has 6 nitrogen and oxygen atoms in total. The number of hydrogen-bond donors (Lipinski definition) is 3. The van der Waals surface area contributed by atoms with Gasteiger partial charge in [0.2, 0.25) is 5.91 Å². The lowest BCUT2D eigenvalue weighted by Crippen LogP contribution is -2.41. The summed E-state index contributed by atoms with van der Waals surface area (Å²) in [5.41, 5.74) is 0.588. The molecule has 1 aliphatic heterocycles. The summed E-state index contributed by atoms with van der Waals surface area (Å²) in [5.74, 6) is -2.09. The molecule has 0 aromatic heterocycles. The van der Waals surface area contributed by atoms with Crippen LogP contribution in [0.25, 0.3) is 0 Å². The van der Waals surface area contributed by atoms with E-state index in [2.05, 4.69) is 5.32 Å². The van der Waals surface area contributed by atoms with Gasteiger partial charge in [0, 0.05) is 36.8 Å². The quantitative estimate of drug-likeness (QED) is 0.735. The normalized spacial score (nSPS) is 17.7. The van der Waals surface area contributed by atoms with Crippen LogP contribution in [0.4, 0.5) is 5.69 Å². The van der Waals surface area contributed by atoms with Crippen LogP contribution in [-0.4, -0.2) is 52.7 Å². The molecule has 3 N–H and O–H groups in total. The lowest BCUT2D eigenvalue weighted by molar-refractivity contribution is -0.144. The summed E-state index contributed by atoms with van der Waals surface area (Å²) in [6.07, 6.45) is 0.895. The van der Waals surface area contributed by atoms with Crippen LogP contribution in [-0.2, 0) is 9.59 Å². The molecule has 0 aliphatic carbocycles. The number of benzene rings is 1. The second-order valence-electron chi connectivity index (χ2n) is 5.83. The third kappa shape index (κ3) is 5.82. The topological polar surface area (TPSA) is 89.9 Å². The van der Waals surface area contributed by atoms with Crippen molar-refractivity contribution in [1.82, 2.24) is 4.90 Å². The highest BCUT2D eigenvalue weighted by atomic mass is 35.5. The fourth-order valence-electron chi connectivity index (χ4n) is 2.61. The van der Waals surface area contributed by atoms with Gasteiger partial charge in [0.1, 0.15) is 0 Å².